The highest BCUT2D eigenvalue weighted by Crippen LogP contribution is 1.49. The van der Waals surface area contributed by atoms with Gasteiger partial charge in [-0.1, -0.05) is 5.16 Å². The topological polar surface area (TPSA) is 87.7 Å². The molecule has 7 heavy (non-hydrogen) atoms. The quantitative estimate of drug-likeness (QED) is 0.123. The Bertz CT molecular complexity index is 88.9. The maximum atomic E-state index is 9.87. The van der Waals surface area contributed by atoms with Gasteiger partial charge in [0.05, 0.1) is 0 Å². The molecule has 5 nitrogen and oxygen atoms in total. The van der Waals surface area contributed by atoms with Gasteiger partial charge in [-0.15, -0.1) is 0 Å². The van der Waals surface area contributed by atoms with Crippen molar-refractivity contribution in [1.82, 2.24) is 5.43 Å². The van der Waals surface area contributed by atoms with Gasteiger partial charge in [0.15, 0.2) is 0 Å². The molecule has 0 aliphatic heterocycles. The highest BCUT2D eigenvalue weighted by molar-refractivity contribution is 6.25. The fourth-order valence-corrected chi connectivity index (χ4v) is 0.0897. The van der Waals surface area contributed by atoms with Gasteiger partial charge in [0.25, 0.3) is 5.91 Å². The highest BCUT2D eigenvalue weighted by atomic mass is 16.4. The van der Waals surface area contributed by atoms with Gasteiger partial charge in [0.2, 0.25) is 0 Å². The van der Waals surface area contributed by atoms with Crippen LogP contribution in [-0.4, -0.2) is 17.3 Å². The highest BCUT2D eigenvalue weighted by Gasteiger charge is 1.85. The summed E-state index contributed by atoms with van der Waals surface area (Å²) < 4.78 is 0. The second kappa shape index (κ2) is 3.10. The zero-order valence-corrected chi connectivity index (χ0v) is 3.46. The molecule has 0 fully saturated rings. The Hall–Kier alpha value is -1.10. The summed E-state index contributed by atoms with van der Waals surface area (Å²) in [6.07, 6.45) is 0.653. The van der Waals surface area contributed by atoms with Crippen molar-refractivity contribution in [2.24, 2.45) is 11.0 Å². The minimum atomic E-state index is -0.637. The van der Waals surface area contributed by atoms with E-state index in [2.05, 4.69) is 11.0 Å². The Labute approximate surface area is 39.8 Å². The summed E-state index contributed by atoms with van der Waals surface area (Å²) in [5.74, 6) is 3.92. The zero-order chi connectivity index (χ0) is 5.70. The van der Waals surface area contributed by atoms with E-state index >= 15 is 0 Å². The van der Waals surface area contributed by atoms with Crippen LogP contribution >= 0.6 is 0 Å². The van der Waals surface area contributed by atoms with Crippen LogP contribution in [-0.2, 0) is 4.79 Å². The maximum absolute atomic E-state index is 9.87. The molecule has 0 atom stereocenters. The van der Waals surface area contributed by atoms with E-state index in [4.69, 9.17) is 5.21 Å². The van der Waals surface area contributed by atoms with E-state index in [1.165, 1.54) is 0 Å². The molecule has 0 saturated heterocycles. The Morgan fingerprint density at radius 1 is 2.00 bits per heavy atom. The number of hydrogen-bond donors (Lipinski definition) is 3. The summed E-state index contributed by atoms with van der Waals surface area (Å²) in [5.41, 5.74) is 1.72. The first-order valence-corrected chi connectivity index (χ1v) is 1.49. The van der Waals surface area contributed by atoms with Crippen molar-refractivity contribution < 1.29 is 10.0 Å². The van der Waals surface area contributed by atoms with Crippen molar-refractivity contribution in [3.63, 3.8) is 0 Å². The molecular formula is C2H5N3O2. The largest absolute Gasteiger partial charge is 0.411 e. The van der Waals surface area contributed by atoms with Crippen LogP contribution in [0.3, 0.4) is 0 Å². The van der Waals surface area contributed by atoms with Crippen LogP contribution in [0.15, 0.2) is 5.16 Å². The molecule has 0 unspecified atom stereocenters. The smallest absolute Gasteiger partial charge is 0.279 e. The number of amides is 1. The third kappa shape index (κ3) is 2.71. The van der Waals surface area contributed by atoms with Crippen LogP contribution in [0.2, 0.25) is 0 Å². The van der Waals surface area contributed by atoms with Gasteiger partial charge in [-0.3, -0.25) is 10.2 Å². The Morgan fingerprint density at radius 2 is 2.57 bits per heavy atom. The van der Waals surface area contributed by atoms with E-state index in [0.717, 1.165) is 0 Å². The lowest BCUT2D eigenvalue weighted by Crippen LogP contribution is -2.30. The first-order valence-electron chi connectivity index (χ1n) is 1.49. The average Bonchev–Trinajstić information content (AvgIpc) is 1.68. The number of hydrogen-bond acceptors (Lipinski definition) is 4. The van der Waals surface area contributed by atoms with Gasteiger partial charge in [-0.25, -0.2) is 5.84 Å². The number of carbonyl (C=O) groups excluding carboxylic acids is 1. The molecule has 0 rings (SSSR count). The van der Waals surface area contributed by atoms with Gasteiger partial charge < -0.3 is 5.21 Å². The summed E-state index contributed by atoms with van der Waals surface area (Å²) in [6, 6.07) is 0. The van der Waals surface area contributed by atoms with Crippen molar-refractivity contribution in [1.29, 1.82) is 0 Å². The van der Waals surface area contributed by atoms with E-state index in [0.29, 0.717) is 6.21 Å². The first-order chi connectivity index (χ1) is 3.31. The second-order valence-corrected chi connectivity index (χ2v) is 0.753. The van der Waals surface area contributed by atoms with Crippen LogP contribution in [0, 0.1) is 0 Å². The van der Waals surface area contributed by atoms with Crippen molar-refractivity contribution >= 4 is 12.1 Å². The molecule has 0 saturated carbocycles. The molecule has 4 N–H and O–H groups in total. The molecular weight excluding hydrogens is 98.0 g/mol. The van der Waals surface area contributed by atoms with Crippen LogP contribution < -0.4 is 11.3 Å². The number of nitrogens with one attached hydrogen (secondary N) is 1. The normalized spacial score (nSPS) is 9.29. The zero-order valence-electron chi connectivity index (χ0n) is 3.46. The fraction of sp³-hybridized carbons (Fsp3) is 0. The fourth-order valence-electron chi connectivity index (χ4n) is 0.0897. The van der Waals surface area contributed by atoms with Crippen LogP contribution in [0.25, 0.3) is 0 Å². The number of nitrogens with two attached hydrogens (primary N) is 1. The molecule has 0 aromatic carbocycles. The minimum absolute atomic E-state index is 0.637. The van der Waals surface area contributed by atoms with Crippen molar-refractivity contribution in [3.8, 4) is 0 Å². The molecule has 0 aromatic heterocycles. The van der Waals surface area contributed by atoms with E-state index < -0.39 is 5.91 Å². The van der Waals surface area contributed by atoms with Crippen molar-refractivity contribution in [2.45, 2.75) is 0 Å². The van der Waals surface area contributed by atoms with Crippen LogP contribution in [0.1, 0.15) is 0 Å². The van der Waals surface area contributed by atoms with Crippen LogP contribution in [0.5, 0.6) is 0 Å². The summed E-state index contributed by atoms with van der Waals surface area (Å²) in [5, 5.41) is 10.0. The number of rotatable bonds is 1. The Balaban J connectivity index is 3.37. The van der Waals surface area contributed by atoms with E-state index in [1.54, 1.807) is 5.43 Å². The van der Waals surface area contributed by atoms with E-state index in [9.17, 15) is 4.79 Å². The predicted molar refractivity (Wildman–Crippen MR) is 22.6 cm³/mol. The lowest BCUT2D eigenvalue weighted by molar-refractivity contribution is -0.114. The predicted octanol–water partition coefficient (Wildman–Crippen LogP) is -1.56. The SMILES string of the molecule is NNC(=O)C=NO. The molecule has 0 aromatic rings. The lowest BCUT2D eigenvalue weighted by Gasteiger charge is -1.83. The second-order valence-electron chi connectivity index (χ2n) is 0.753. The standard InChI is InChI=1S/C2H5N3O2/c3-5-2(6)1-4-7/h1,7H,3H2,(H,5,6). The third-order valence-electron chi connectivity index (χ3n) is 0.317. The monoisotopic (exact) mass is 103 g/mol. The van der Waals surface area contributed by atoms with E-state index in [-0.39, 0.29) is 0 Å². The molecule has 1 amide bonds. The van der Waals surface area contributed by atoms with Gasteiger partial charge >= 0.3 is 0 Å². The molecule has 0 heterocycles. The molecule has 0 aliphatic carbocycles. The third-order valence-corrected chi connectivity index (χ3v) is 0.317. The van der Waals surface area contributed by atoms with Gasteiger partial charge in [-0.2, -0.15) is 0 Å². The van der Waals surface area contributed by atoms with Gasteiger partial charge in [0.1, 0.15) is 6.21 Å². The van der Waals surface area contributed by atoms with Crippen molar-refractivity contribution in [3.05, 3.63) is 0 Å². The molecule has 0 bridgehead atoms. The lowest BCUT2D eigenvalue weighted by atomic mass is 10.7. The molecule has 5 heteroatoms. The van der Waals surface area contributed by atoms with Crippen LogP contribution in [0.4, 0.5) is 0 Å². The molecule has 0 radical (unpaired) electrons. The maximum Gasteiger partial charge on any atom is 0.279 e. The number of oxime groups is 1. The Kier molecular flexibility index (Phi) is 2.62. The van der Waals surface area contributed by atoms with Gasteiger partial charge in [-0.05, 0) is 0 Å². The first kappa shape index (κ1) is 5.90. The van der Waals surface area contributed by atoms with Crippen molar-refractivity contribution in [2.75, 3.05) is 0 Å². The summed E-state index contributed by atoms with van der Waals surface area (Å²) >= 11 is 0. The number of carbonyl (C=O) groups is 1. The average molecular weight is 103 g/mol. The number of hydrazine groups is 1. The van der Waals surface area contributed by atoms with Gasteiger partial charge in [0, 0.05) is 0 Å². The molecule has 40 valence electrons. The van der Waals surface area contributed by atoms with E-state index in [1.807, 2.05) is 0 Å². The Morgan fingerprint density at radius 3 is 2.71 bits per heavy atom. The minimum Gasteiger partial charge on any atom is -0.411 e. The molecule has 0 spiro atoms. The number of nitrogens with zero attached hydrogens (tertiary/aromatic N) is 1. The summed E-state index contributed by atoms with van der Waals surface area (Å²) in [6.45, 7) is 0. The summed E-state index contributed by atoms with van der Waals surface area (Å²) in [4.78, 5) is 9.87. The molecule has 0 aliphatic rings. The summed E-state index contributed by atoms with van der Waals surface area (Å²) in [7, 11) is 0.